The summed E-state index contributed by atoms with van der Waals surface area (Å²) in [6, 6.07) is 11.9. The van der Waals surface area contributed by atoms with Crippen LogP contribution < -0.4 is 15.4 Å². The highest BCUT2D eigenvalue weighted by Crippen LogP contribution is 2.19. The second kappa shape index (κ2) is 10.4. The Labute approximate surface area is 155 Å². The van der Waals surface area contributed by atoms with Gasteiger partial charge in [-0.1, -0.05) is 24.3 Å². The van der Waals surface area contributed by atoms with Crippen molar-refractivity contribution >= 4 is 5.96 Å². The summed E-state index contributed by atoms with van der Waals surface area (Å²) in [5.74, 6) is 0.174. The van der Waals surface area contributed by atoms with E-state index in [9.17, 15) is 18.3 Å². The van der Waals surface area contributed by atoms with E-state index in [1.807, 2.05) is 6.92 Å². The minimum atomic E-state index is -2.89. The highest BCUT2D eigenvalue weighted by atomic mass is 19.3. The molecule has 2 rings (SSSR count). The maximum Gasteiger partial charge on any atom is 0.387 e. The van der Waals surface area contributed by atoms with E-state index in [1.54, 1.807) is 12.1 Å². The van der Waals surface area contributed by atoms with Gasteiger partial charge in [0, 0.05) is 13.1 Å². The molecule has 0 spiro atoms. The summed E-state index contributed by atoms with van der Waals surface area (Å²) >= 11 is 0. The number of aliphatic hydroxyl groups is 1. The molecule has 27 heavy (non-hydrogen) atoms. The number of alkyl halides is 2. The van der Waals surface area contributed by atoms with E-state index in [-0.39, 0.29) is 24.7 Å². The van der Waals surface area contributed by atoms with Gasteiger partial charge in [-0.25, -0.2) is 9.38 Å². The fourth-order valence-electron chi connectivity index (χ4n) is 2.33. The van der Waals surface area contributed by atoms with E-state index in [1.165, 1.54) is 36.4 Å². The predicted molar refractivity (Wildman–Crippen MR) is 97.3 cm³/mol. The summed E-state index contributed by atoms with van der Waals surface area (Å²) in [4.78, 5) is 4.35. The third-order valence-electron chi connectivity index (χ3n) is 3.61. The van der Waals surface area contributed by atoms with Crippen LogP contribution in [0.3, 0.4) is 0 Å². The van der Waals surface area contributed by atoms with Gasteiger partial charge in [0.1, 0.15) is 11.6 Å². The minimum Gasteiger partial charge on any atom is -0.435 e. The second-order valence-electron chi connectivity index (χ2n) is 5.67. The van der Waals surface area contributed by atoms with Gasteiger partial charge < -0.3 is 20.5 Å². The fourth-order valence-corrected chi connectivity index (χ4v) is 2.33. The van der Waals surface area contributed by atoms with Crippen molar-refractivity contribution in [3.8, 4) is 5.75 Å². The highest BCUT2D eigenvalue weighted by Gasteiger charge is 2.10. The Balaban J connectivity index is 1.92. The molecule has 8 heteroatoms. The molecular formula is C19H22F3N3O2. The van der Waals surface area contributed by atoms with Crippen molar-refractivity contribution < 1.29 is 23.0 Å². The summed E-state index contributed by atoms with van der Waals surface area (Å²) in [6.45, 7) is 0.0641. The van der Waals surface area contributed by atoms with E-state index >= 15 is 0 Å². The zero-order chi connectivity index (χ0) is 19.6. The molecule has 0 aliphatic carbocycles. The van der Waals surface area contributed by atoms with Crippen LogP contribution in [0.2, 0.25) is 0 Å². The maximum atomic E-state index is 13.2. The number of benzene rings is 2. The minimum absolute atomic E-state index is 0.0268. The third-order valence-corrected chi connectivity index (χ3v) is 3.61. The quantitative estimate of drug-likeness (QED) is 0.485. The zero-order valence-corrected chi connectivity index (χ0v) is 14.8. The summed E-state index contributed by atoms with van der Waals surface area (Å²) in [5, 5.41) is 16.3. The molecule has 5 nitrogen and oxygen atoms in total. The first-order chi connectivity index (χ1) is 13.0. The van der Waals surface area contributed by atoms with Crippen LogP contribution in [0, 0.1) is 5.82 Å². The van der Waals surface area contributed by atoms with Crippen LogP contribution in [0.5, 0.6) is 5.75 Å². The average Bonchev–Trinajstić information content (AvgIpc) is 2.64. The number of ether oxygens (including phenoxy) is 1. The number of halogens is 3. The van der Waals surface area contributed by atoms with Gasteiger partial charge in [-0.2, -0.15) is 8.78 Å². The first-order valence-corrected chi connectivity index (χ1v) is 8.47. The molecule has 1 unspecified atom stereocenters. The van der Waals surface area contributed by atoms with Crippen LogP contribution in [0.25, 0.3) is 0 Å². The van der Waals surface area contributed by atoms with Gasteiger partial charge in [0.05, 0.1) is 12.6 Å². The maximum absolute atomic E-state index is 13.2. The number of guanidine groups is 1. The molecule has 0 aliphatic rings. The molecule has 1 atom stereocenters. The lowest BCUT2D eigenvalue weighted by Gasteiger charge is -2.16. The Bertz CT molecular complexity index is 739. The Morgan fingerprint density at radius 3 is 2.52 bits per heavy atom. The van der Waals surface area contributed by atoms with Crippen molar-refractivity contribution in [2.75, 3.05) is 13.1 Å². The molecule has 146 valence electrons. The van der Waals surface area contributed by atoms with Crippen LogP contribution in [-0.4, -0.2) is 30.8 Å². The number of aliphatic hydroxyl groups excluding tert-OH is 1. The van der Waals surface area contributed by atoms with Crippen molar-refractivity contribution in [1.29, 1.82) is 0 Å². The van der Waals surface area contributed by atoms with E-state index in [4.69, 9.17) is 0 Å². The van der Waals surface area contributed by atoms with E-state index in [2.05, 4.69) is 20.4 Å². The molecule has 2 aromatic rings. The predicted octanol–water partition coefficient (Wildman–Crippen LogP) is 3.22. The molecule has 2 aromatic carbocycles. The molecule has 0 aromatic heterocycles. The molecule has 0 saturated heterocycles. The molecule has 0 fully saturated rings. The van der Waals surface area contributed by atoms with Gasteiger partial charge in [0.15, 0.2) is 5.96 Å². The van der Waals surface area contributed by atoms with Gasteiger partial charge >= 0.3 is 6.61 Å². The van der Waals surface area contributed by atoms with Gasteiger partial charge in [0.25, 0.3) is 0 Å². The number of rotatable bonds is 8. The van der Waals surface area contributed by atoms with Crippen LogP contribution >= 0.6 is 0 Å². The standard InChI is InChI=1S/C19H22F3N3O2/c1-2-23-19(24-11-13-4-3-5-15(20)10-13)25-12-17(26)14-6-8-16(9-7-14)27-18(21)22/h3-10,17-18,26H,2,11-12H2,1H3,(H2,23,24,25). The average molecular weight is 381 g/mol. The zero-order valence-electron chi connectivity index (χ0n) is 14.8. The molecular weight excluding hydrogens is 359 g/mol. The smallest absolute Gasteiger partial charge is 0.387 e. The topological polar surface area (TPSA) is 65.9 Å². The lowest BCUT2D eigenvalue weighted by atomic mass is 10.1. The molecule has 0 saturated carbocycles. The van der Waals surface area contributed by atoms with Gasteiger partial charge in [-0.05, 0) is 42.3 Å². The highest BCUT2D eigenvalue weighted by molar-refractivity contribution is 5.79. The van der Waals surface area contributed by atoms with E-state index in [0.717, 1.165) is 5.56 Å². The van der Waals surface area contributed by atoms with Gasteiger partial charge in [0.2, 0.25) is 0 Å². The number of nitrogens with zero attached hydrogens (tertiary/aromatic N) is 1. The summed E-state index contributed by atoms with van der Waals surface area (Å²) < 4.78 is 41.8. The Morgan fingerprint density at radius 2 is 1.89 bits per heavy atom. The first kappa shape index (κ1) is 20.6. The van der Waals surface area contributed by atoms with Crippen molar-refractivity contribution in [3.05, 3.63) is 65.5 Å². The van der Waals surface area contributed by atoms with E-state index < -0.39 is 12.7 Å². The number of aliphatic imine (C=N–C) groups is 1. The van der Waals surface area contributed by atoms with E-state index in [0.29, 0.717) is 18.1 Å². The van der Waals surface area contributed by atoms with Crippen molar-refractivity contribution in [1.82, 2.24) is 10.6 Å². The molecule has 0 aliphatic heterocycles. The molecule has 0 amide bonds. The Hall–Kier alpha value is -2.74. The number of hydrogen-bond donors (Lipinski definition) is 3. The lowest BCUT2D eigenvalue weighted by Crippen LogP contribution is -2.39. The Morgan fingerprint density at radius 1 is 1.15 bits per heavy atom. The van der Waals surface area contributed by atoms with Crippen LogP contribution in [0.4, 0.5) is 13.2 Å². The summed E-state index contributed by atoms with van der Waals surface area (Å²) in [7, 11) is 0. The number of nitrogens with one attached hydrogen (secondary N) is 2. The second-order valence-corrected chi connectivity index (χ2v) is 5.67. The monoisotopic (exact) mass is 381 g/mol. The van der Waals surface area contributed by atoms with Crippen molar-refractivity contribution in [2.45, 2.75) is 26.2 Å². The fraction of sp³-hybridized carbons (Fsp3) is 0.316. The van der Waals surface area contributed by atoms with Crippen LogP contribution in [-0.2, 0) is 6.54 Å². The van der Waals surface area contributed by atoms with Crippen LogP contribution in [0.1, 0.15) is 24.2 Å². The molecule has 0 radical (unpaired) electrons. The largest absolute Gasteiger partial charge is 0.435 e. The van der Waals surface area contributed by atoms with Crippen molar-refractivity contribution in [2.24, 2.45) is 4.99 Å². The van der Waals surface area contributed by atoms with Gasteiger partial charge in [-0.15, -0.1) is 0 Å². The lowest BCUT2D eigenvalue weighted by molar-refractivity contribution is -0.0498. The number of hydrogen-bond acceptors (Lipinski definition) is 3. The van der Waals surface area contributed by atoms with Crippen molar-refractivity contribution in [3.63, 3.8) is 0 Å². The van der Waals surface area contributed by atoms with Gasteiger partial charge in [-0.3, -0.25) is 0 Å². The normalized spacial score (nSPS) is 12.7. The first-order valence-electron chi connectivity index (χ1n) is 8.47. The summed E-state index contributed by atoms with van der Waals surface area (Å²) in [5.41, 5.74) is 1.27. The SMILES string of the molecule is CCNC(=NCc1cccc(F)c1)NCC(O)c1ccc(OC(F)F)cc1. The van der Waals surface area contributed by atoms with Crippen LogP contribution in [0.15, 0.2) is 53.5 Å². The Kier molecular flexibility index (Phi) is 7.94. The third kappa shape index (κ3) is 7.18. The molecule has 3 N–H and O–H groups in total. The molecule has 0 heterocycles. The molecule has 0 bridgehead atoms. The summed E-state index contributed by atoms with van der Waals surface area (Å²) in [6.07, 6.45) is -0.872.